The van der Waals surface area contributed by atoms with Gasteiger partial charge in [0.05, 0.1) is 10.6 Å². The molecule has 1 aliphatic rings. The predicted octanol–water partition coefficient (Wildman–Crippen LogP) is 3.58. The van der Waals surface area contributed by atoms with Crippen LogP contribution in [0.5, 0.6) is 0 Å². The number of primary sulfonamides is 1. The number of sulfonamides is 1. The Morgan fingerprint density at radius 1 is 0.967 bits per heavy atom. The molecule has 7 nitrogen and oxygen atoms in total. The van der Waals surface area contributed by atoms with Crippen LogP contribution in [-0.4, -0.2) is 26.0 Å². The van der Waals surface area contributed by atoms with E-state index in [1.54, 1.807) is 0 Å². The number of nitrogens with two attached hydrogens (primary N) is 1. The zero-order chi connectivity index (χ0) is 21.6. The molecule has 2 amide bonds. The Morgan fingerprint density at radius 3 is 2.33 bits per heavy atom. The number of hydrogen-bond donors (Lipinski definition) is 3. The maximum atomic E-state index is 12.4. The fourth-order valence-corrected chi connectivity index (χ4v) is 4.62. The number of thioether (sulfide) groups is 1. The third kappa shape index (κ3) is 6.58. The lowest BCUT2D eigenvalue weighted by Gasteiger charge is -2.20. The van der Waals surface area contributed by atoms with Gasteiger partial charge in [-0.1, -0.05) is 25.3 Å². The number of nitrogens with one attached hydrogen (secondary N) is 2. The first kappa shape index (κ1) is 22.3. The van der Waals surface area contributed by atoms with E-state index in [-0.39, 0.29) is 28.4 Å². The van der Waals surface area contributed by atoms with Crippen LogP contribution in [0.3, 0.4) is 0 Å². The SMILES string of the molecule is NS(=O)(=O)c1ccc(NC(=O)CSc2cccc(NC(=O)C3CCCCC3)c2)cc1. The van der Waals surface area contributed by atoms with Gasteiger partial charge >= 0.3 is 0 Å². The van der Waals surface area contributed by atoms with Gasteiger partial charge in [0.2, 0.25) is 21.8 Å². The number of carbonyl (C=O) groups is 2. The van der Waals surface area contributed by atoms with Crippen molar-refractivity contribution in [3.8, 4) is 0 Å². The summed E-state index contributed by atoms with van der Waals surface area (Å²) >= 11 is 1.35. The highest BCUT2D eigenvalue weighted by molar-refractivity contribution is 8.00. The van der Waals surface area contributed by atoms with Gasteiger partial charge in [-0.25, -0.2) is 13.6 Å². The number of rotatable bonds is 7. The molecule has 160 valence electrons. The quantitative estimate of drug-likeness (QED) is 0.561. The zero-order valence-corrected chi connectivity index (χ0v) is 18.1. The second-order valence-corrected chi connectivity index (χ2v) is 9.87. The Hall–Kier alpha value is -2.36. The van der Waals surface area contributed by atoms with Crippen LogP contribution in [0.4, 0.5) is 11.4 Å². The molecule has 0 heterocycles. The standard InChI is InChI=1S/C21H25N3O4S2/c22-30(27,28)19-11-9-16(10-12-19)23-20(25)14-29-18-8-4-7-17(13-18)24-21(26)15-5-2-1-3-6-15/h4,7-13,15H,1-3,5-6,14H2,(H,23,25)(H,24,26)(H2,22,27,28). The average Bonchev–Trinajstić information content (AvgIpc) is 2.73. The highest BCUT2D eigenvalue weighted by Gasteiger charge is 2.21. The van der Waals surface area contributed by atoms with E-state index in [0.717, 1.165) is 36.3 Å². The lowest BCUT2D eigenvalue weighted by molar-refractivity contribution is -0.120. The monoisotopic (exact) mass is 447 g/mol. The number of benzene rings is 2. The molecule has 0 unspecified atom stereocenters. The smallest absolute Gasteiger partial charge is 0.238 e. The van der Waals surface area contributed by atoms with Crippen molar-refractivity contribution in [1.82, 2.24) is 0 Å². The second-order valence-electron chi connectivity index (χ2n) is 7.26. The Balaban J connectivity index is 1.51. The van der Waals surface area contributed by atoms with E-state index in [2.05, 4.69) is 10.6 Å². The first-order chi connectivity index (χ1) is 14.3. The highest BCUT2D eigenvalue weighted by Crippen LogP contribution is 2.26. The van der Waals surface area contributed by atoms with Gasteiger partial charge in [0.25, 0.3) is 0 Å². The zero-order valence-electron chi connectivity index (χ0n) is 16.5. The summed E-state index contributed by atoms with van der Waals surface area (Å²) in [7, 11) is -3.76. The van der Waals surface area contributed by atoms with Gasteiger partial charge in [-0.2, -0.15) is 0 Å². The first-order valence-corrected chi connectivity index (χ1v) is 12.3. The Kier molecular flexibility index (Phi) is 7.52. The first-order valence-electron chi connectivity index (χ1n) is 9.78. The van der Waals surface area contributed by atoms with Crippen molar-refractivity contribution in [2.45, 2.75) is 41.9 Å². The van der Waals surface area contributed by atoms with Crippen LogP contribution in [0.15, 0.2) is 58.3 Å². The van der Waals surface area contributed by atoms with Crippen LogP contribution in [0.2, 0.25) is 0 Å². The maximum absolute atomic E-state index is 12.4. The molecule has 0 radical (unpaired) electrons. The van der Waals surface area contributed by atoms with Crippen LogP contribution in [0.1, 0.15) is 32.1 Å². The van der Waals surface area contributed by atoms with Crippen LogP contribution in [-0.2, 0) is 19.6 Å². The summed E-state index contributed by atoms with van der Waals surface area (Å²) in [6.07, 6.45) is 5.30. The molecule has 3 rings (SSSR count). The van der Waals surface area contributed by atoms with Crippen molar-refractivity contribution >= 4 is 45.0 Å². The van der Waals surface area contributed by atoms with Crippen molar-refractivity contribution in [2.24, 2.45) is 11.1 Å². The van der Waals surface area contributed by atoms with Crippen LogP contribution in [0.25, 0.3) is 0 Å². The lowest BCUT2D eigenvalue weighted by atomic mass is 9.88. The molecule has 0 spiro atoms. The predicted molar refractivity (Wildman–Crippen MR) is 119 cm³/mol. The van der Waals surface area contributed by atoms with Crippen molar-refractivity contribution < 1.29 is 18.0 Å². The molecule has 0 aliphatic heterocycles. The van der Waals surface area contributed by atoms with Crippen molar-refractivity contribution in [3.63, 3.8) is 0 Å². The van der Waals surface area contributed by atoms with Crippen molar-refractivity contribution in [3.05, 3.63) is 48.5 Å². The molecule has 0 atom stereocenters. The number of amides is 2. The van der Waals surface area contributed by atoms with Gasteiger partial charge < -0.3 is 10.6 Å². The van der Waals surface area contributed by atoms with Crippen LogP contribution >= 0.6 is 11.8 Å². The summed E-state index contributed by atoms with van der Waals surface area (Å²) in [6, 6.07) is 13.1. The van der Waals surface area contributed by atoms with E-state index < -0.39 is 10.0 Å². The van der Waals surface area contributed by atoms with Crippen LogP contribution < -0.4 is 15.8 Å². The van der Waals surface area contributed by atoms with E-state index in [1.807, 2.05) is 24.3 Å². The van der Waals surface area contributed by atoms with E-state index in [0.29, 0.717) is 5.69 Å². The van der Waals surface area contributed by atoms with Crippen molar-refractivity contribution in [2.75, 3.05) is 16.4 Å². The Labute approximate surface area is 180 Å². The van der Waals surface area contributed by atoms with Gasteiger partial charge in [-0.05, 0) is 55.3 Å². The largest absolute Gasteiger partial charge is 0.326 e. The fourth-order valence-electron chi connectivity index (χ4n) is 3.35. The van der Waals surface area contributed by atoms with Gasteiger partial charge in [0.15, 0.2) is 0 Å². The molecule has 0 bridgehead atoms. The molecule has 2 aromatic carbocycles. The molecule has 0 saturated heterocycles. The summed E-state index contributed by atoms with van der Waals surface area (Å²) in [5.41, 5.74) is 1.22. The van der Waals surface area contributed by atoms with Crippen molar-refractivity contribution in [1.29, 1.82) is 0 Å². The molecule has 4 N–H and O–H groups in total. The minimum absolute atomic E-state index is 0.0121. The van der Waals surface area contributed by atoms with Gasteiger partial charge in [-0.15, -0.1) is 11.8 Å². The Morgan fingerprint density at radius 2 is 1.67 bits per heavy atom. The maximum Gasteiger partial charge on any atom is 0.238 e. The minimum Gasteiger partial charge on any atom is -0.326 e. The van der Waals surface area contributed by atoms with E-state index in [1.165, 1.54) is 42.4 Å². The summed E-state index contributed by atoms with van der Waals surface area (Å²) in [6.45, 7) is 0. The van der Waals surface area contributed by atoms with E-state index in [9.17, 15) is 18.0 Å². The van der Waals surface area contributed by atoms with E-state index >= 15 is 0 Å². The fraction of sp³-hybridized carbons (Fsp3) is 0.333. The summed E-state index contributed by atoms with van der Waals surface area (Å²) < 4.78 is 22.5. The molecule has 9 heteroatoms. The Bertz CT molecular complexity index is 1000. The molecule has 0 aromatic heterocycles. The summed E-state index contributed by atoms with van der Waals surface area (Å²) in [4.78, 5) is 25.5. The highest BCUT2D eigenvalue weighted by atomic mass is 32.2. The molecular weight excluding hydrogens is 422 g/mol. The topological polar surface area (TPSA) is 118 Å². The second kappa shape index (κ2) is 10.1. The minimum atomic E-state index is -3.76. The van der Waals surface area contributed by atoms with Gasteiger partial charge in [-0.3, -0.25) is 9.59 Å². The summed E-state index contributed by atoms with van der Waals surface area (Å²) in [5, 5.41) is 10.8. The molecule has 30 heavy (non-hydrogen) atoms. The number of carbonyl (C=O) groups excluding carboxylic acids is 2. The molecule has 1 aliphatic carbocycles. The molecule has 1 saturated carbocycles. The molecule has 1 fully saturated rings. The third-order valence-corrected chi connectivity index (χ3v) is 6.84. The number of anilines is 2. The van der Waals surface area contributed by atoms with Gasteiger partial charge in [0.1, 0.15) is 0 Å². The number of hydrogen-bond acceptors (Lipinski definition) is 5. The molecule has 2 aromatic rings. The van der Waals surface area contributed by atoms with Gasteiger partial charge in [0, 0.05) is 22.2 Å². The van der Waals surface area contributed by atoms with Crippen LogP contribution in [0, 0.1) is 5.92 Å². The molecular formula is C21H25N3O4S2. The average molecular weight is 448 g/mol. The third-order valence-electron chi connectivity index (χ3n) is 4.91. The van der Waals surface area contributed by atoms with E-state index in [4.69, 9.17) is 5.14 Å². The normalized spacial score (nSPS) is 14.8. The lowest BCUT2D eigenvalue weighted by Crippen LogP contribution is -2.24. The summed E-state index contributed by atoms with van der Waals surface area (Å²) in [5.74, 6) is 0.107.